The summed E-state index contributed by atoms with van der Waals surface area (Å²) in [6, 6.07) is 9.40. The van der Waals surface area contributed by atoms with Crippen LogP contribution >= 0.6 is 23.2 Å². The molecule has 5 atom stereocenters. The van der Waals surface area contributed by atoms with Gasteiger partial charge in [0.15, 0.2) is 11.5 Å². The molecule has 5 aliphatic rings. The summed E-state index contributed by atoms with van der Waals surface area (Å²) in [5.74, 6) is 2.23. The van der Waals surface area contributed by atoms with E-state index in [0.717, 1.165) is 48.7 Å². The van der Waals surface area contributed by atoms with Crippen LogP contribution in [-0.4, -0.2) is 71.8 Å². The van der Waals surface area contributed by atoms with Crippen molar-refractivity contribution in [3.63, 3.8) is 0 Å². The van der Waals surface area contributed by atoms with Crippen molar-refractivity contribution >= 4 is 29.1 Å². The van der Waals surface area contributed by atoms with Crippen LogP contribution < -0.4 is 9.47 Å². The number of rotatable bonds is 6. The Kier molecular flexibility index (Phi) is 5.76. The molecule has 2 aliphatic heterocycles. The molecule has 1 spiro atoms. The summed E-state index contributed by atoms with van der Waals surface area (Å²) in [5, 5.41) is 13.6. The molecule has 3 aliphatic carbocycles. The van der Waals surface area contributed by atoms with Crippen molar-refractivity contribution in [2.75, 3.05) is 27.2 Å². The second-order valence-corrected chi connectivity index (χ2v) is 12.8. The Morgan fingerprint density at radius 2 is 2.00 bits per heavy atom. The lowest BCUT2D eigenvalue weighted by molar-refractivity contribution is -0.200. The van der Waals surface area contributed by atoms with Gasteiger partial charge in [-0.25, -0.2) is 0 Å². The number of nitrogens with zero attached hydrogens (tertiary/aromatic N) is 2. The first kappa shape index (κ1) is 25.0. The molecule has 7 rings (SSSR count). The lowest BCUT2D eigenvalue weighted by Crippen LogP contribution is -2.78. The molecule has 38 heavy (non-hydrogen) atoms. The molecule has 2 bridgehead atoms. The number of likely N-dealkylation sites (N-methyl/N-ethyl adjacent to an activating group) is 1. The fourth-order valence-corrected chi connectivity index (χ4v) is 8.46. The molecule has 8 heteroatoms. The SMILES string of the molecule is COc1ccc2c3c1OC1C(N(C)C(=O)Cc4ccc(Cl)c(Cl)c4)CCC4(O)[C@H](C2)N(CC2CC2)CC[C@]314. The number of methoxy groups -OCH3 is 1. The van der Waals surface area contributed by atoms with Crippen LogP contribution in [0.5, 0.6) is 11.5 Å². The van der Waals surface area contributed by atoms with Crippen molar-refractivity contribution in [1.82, 2.24) is 9.80 Å². The molecule has 0 aromatic heterocycles. The van der Waals surface area contributed by atoms with Crippen molar-refractivity contribution in [1.29, 1.82) is 0 Å². The van der Waals surface area contributed by atoms with Gasteiger partial charge in [-0.3, -0.25) is 9.69 Å². The van der Waals surface area contributed by atoms with Crippen LogP contribution in [0.4, 0.5) is 0 Å². The minimum Gasteiger partial charge on any atom is -0.493 e. The maximum Gasteiger partial charge on any atom is 0.227 e. The Hall–Kier alpha value is -1.99. The minimum atomic E-state index is -0.903. The highest BCUT2D eigenvalue weighted by atomic mass is 35.5. The topological polar surface area (TPSA) is 62.2 Å². The predicted octanol–water partition coefficient (Wildman–Crippen LogP) is 4.64. The Labute approximate surface area is 233 Å². The molecule has 2 saturated carbocycles. The molecule has 3 fully saturated rings. The van der Waals surface area contributed by atoms with Crippen LogP contribution in [0.15, 0.2) is 30.3 Å². The van der Waals surface area contributed by atoms with Crippen LogP contribution in [-0.2, 0) is 23.1 Å². The van der Waals surface area contributed by atoms with E-state index in [0.29, 0.717) is 28.6 Å². The first-order valence-corrected chi connectivity index (χ1v) is 14.6. The van der Waals surface area contributed by atoms with E-state index in [-0.39, 0.29) is 30.5 Å². The lowest BCUT2D eigenvalue weighted by atomic mass is 9.48. The number of benzene rings is 2. The van der Waals surface area contributed by atoms with Gasteiger partial charge in [0.2, 0.25) is 5.91 Å². The van der Waals surface area contributed by atoms with E-state index >= 15 is 0 Å². The van der Waals surface area contributed by atoms with Crippen LogP contribution in [0, 0.1) is 5.92 Å². The predicted molar refractivity (Wildman–Crippen MR) is 146 cm³/mol. The van der Waals surface area contributed by atoms with E-state index in [9.17, 15) is 9.90 Å². The molecular weight excluding hydrogens is 523 g/mol. The van der Waals surface area contributed by atoms with Gasteiger partial charge in [-0.05, 0) is 80.3 Å². The van der Waals surface area contributed by atoms with E-state index in [1.807, 2.05) is 24.1 Å². The number of hydrogen-bond acceptors (Lipinski definition) is 5. The standard InChI is InChI=1S/C30H34Cl2N2O4/c1-33(25(35)14-18-5-7-20(31)21(32)13-18)22-9-10-30(36)24-15-19-6-8-23(37-2)27-26(19)29(30,28(22)38-27)11-12-34(24)16-17-3-4-17/h5-8,13,17,22,24,28,36H,3-4,9-12,14-16H2,1-2H3/t22?,24-,28?,29-,30?/m0/s1. The highest BCUT2D eigenvalue weighted by Gasteiger charge is 2.73. The molecule has 1 amide bonds. The lowest BCUT2D eigenvalue weighted by Gasteiger charge is -2.64. The number of carbonyl (C=O) groups excluding carboxylic acids is 1. The minimum absolute atomic E-state index is 0.000465. The fraction of sp³-hybridized carbons (Fsp3) is 0.567. The molecule has 1 saturated heterocycles. The Morgan fingerprint density at radius 3 is 2.74 bits per heavy atom. The number of amides is 1. The van der Waals surface area contributed by atoms with Crippen molar-refractivity contribution in [2.45, 2.75) is 74.1 Å². The van der Waals surface area contributed by atoms with E-state index in [4.69, 9.17) is 32.7 Å². The molecule has 2 aromatic carbocycles. The van der Waals surface area contributed by atoms with Gasteiger partial charge in [0.1, 0.15) is 6.10 Å². The number of carbonyl (C=O) groups is 1. The summed E-state index contributed by atoms with van der Waals surface area (Å²) in [6.07, 6.45) is 5.46. The average Bonchev–Trinajstić information content (AvgIpc) is 3.64. The van der Waals surface area contributed by atoms with Gasteiger partial charge in [0, 0.05) is 25.2 Å². The number of piperidine rings is 1. The van der Waals surface area contributed by atoms with Crippen LogP contribution in [0.2, 0.25) is 10.0 Å². The zero-order valence-corrected chi connectivity index (χ0v) is 23.4. The monoisotopic (exact) mass is 556 g/mol. The van der Waals surface area contributed by atoms with Crippen LogP contribution in [0.1, 0.15) is 48.8 Å². The fourth-order valence-electron chi connectivity index (χ4n) is 8.14. The van der Waals surface area contributed by atoms with Gasteiger partial charge < -0.3 is 19.5 Å². The molecule has 3 unspecified atom stereocenters. The summed E-state index contributed by atoms with van der Waals surface area (Å²) >= 11 is 12.3. The zero-order chi connectivity index (χ0) is 26.4. The highest BCUT2D eigenvalue weighted by Crippen LogP contribution is 2.66. The van der Waals surface area contributed by atoms with E-state index < -0.39 is 11.0 Å². The normalized spacial score (nSPS) is 32.9. The molecular formula is C30H34Cl2N2O4. The first-order valence-electron chi connectivity index (χ1n) is 13.8. The van der Waals surface area contributed by atoms with Gasteiger partial charge in [-0.1, -0.05) is 35.3 Å². The van der Waals surface area contributed by atoms with Gasteiger partial charge >= 0.3 is 0 Å². The quantitative estimate of drug-likeness (QED) is 0.561. The second-order valence-electron chi connectivity index (χ2n) is 12.0. The molecule has 202 valence electrons. The average molecular weight is 558 g/mol. The number of likely N-dealkylation sites (tertiary alicyclic amines) is 1. The van der Waals surface area contributed by atoms with Crippen LogP contribution in [0.3, 0.4) is 0 Å². The third kappa shape index (κ3) is 3.43. The van der Waals surface area contributed by atoms with E-state index in [2.05, 4.69) is 11.0 Å². The zero-order valence-electron chi connectivity index (χ0n) is 21.9. The maximum atomic E-state index is 13.6. The molecule has 1 N–H and O–H groups in total. The van der Waals surface area contributed by atoms with Crippen LogP contribution in [0.25, 0.3) is 0 Å². The van der Waals surface area contributed by atoms with Gasteiger partial charge in [0.25, 0.3) is 0 Å². The van der Waals surface area contributed by atoms with Gasteiger partial charge in [-0.2, -0.15) is 0 Å². The van der Waals surface area contributed by atoms with Gasteiger partial charge in [-0.15, -0.1) is 0 Å². The smallest absolute Gasteiger partial charge is 0.227 e. The molecule has 2 aromatic rings. The maximum absolute atomic E-state index is 13.6. The van der Waals surface area contributed by atoms with Crippen molar-refractivity contribution < 1.29 is 19.4 Å². The molecule has 0 radical (unpaired) electrons. The summed E-state index contributed by atoms with van der Waals surface area (Å²) in [6.45, 7) is 2.01. The molecule has 2 heterocycles. The molecule has 6 nitrogen and oxygen atoms in total. The number of aliphatic hydroxyl groups is 1. The van der Waals surface area contributed by atoms with Crippen molar-refractivity contribution in [3.8, 4) is 11.5 Å². The Balaban J connectivity index is 1.26. The largest absolute Gasteiger partial charge is 0.493 e. The van der Waals surface area contributed by atoms with Gasteiger partial charge in [0.05, 0.1) is 40.6 Å². The Morgan fingerprint density at radius 1 is 1.18 bits per heavy atom. The third-order valence-electron chi connectivity index (χ3n) is 10.2. The van der Waals surface area contributed by atoms with E-state index in [1.54, 1.807) is 19.2 Å². The van der Waals surface area contributed by atoms with Crippen molar-refractivity contribution in [2.24, 2.45) is 5.92 Å². The summed E-state index contributed by atoms with van der Waals surface area (Å²) in [7, 11) is 3.54. The first-order chi connectivity index (χ1) is 18.3. The van der Waals surface area contributed by atoms with E-state index in [1.165, 1.54) is 18.4 Å². The summed E-state index contributed by atoms with van der Waals surface area (Å²) in [5.41, 5.74) is 1.74. The summed E-state index contributed by atoms with van der Waals surface area (Å²) < 4.78 is 12.6. The third-order valence-corrected chi connectivity index (χ3v) is 10.9. The number of halogens is 2. The second kappa shape index (κ2) is 8.76. The number of ether oxygens (including phenoxy) is 2. The van der Waals surface area contributed by atoms with Crippen molar-refractivity contribution in [3.05, 3.63) is 57.1 Å². The number of hydrogen-bond donors (Lipinski definition) is 1. The summed E-state index contributed by atoms with van der Waals surface area (Å²) in [4.78, 5) is 18.0. The Bertz CT molecular complexity index is 1320. The highest BCUT2D eigenvalue weighted by molar-refractivity contribution is 6.42.